The summed E-state index contributed by atoms with van der Waals surface area (Å²) >= 11 is 5.70. The maximum atomic E-state index is 12.0. The predicted molar refractivity (Wildman–Crippen MR) is 59.1 cm³/mol. The molecule has 0 unspecified atom stereocenters. The summed E-state index contributed by atoms with van der Waals surface area (Å²) in [5, 5.41) is 9.41. The quantitative estimate of drug-likeness (QED) is 0.814. The van der Waals surface area contributed by atoms with Gasteiger partial charge in [0.15, 0.2) is 6.04 Å². The van der Waals surface area contributed by atoms with Crippen molar-refractivity contribution in [1.29, 1.82) is 0 Å². The molecule has 2 heterocycles. The zero-order chi connectivity index (χ0) is 12.4. The molecule has 1 amide bonds. The Morgan fingerprint density at radius 1 is 1.59 bits per heavy atom. The van der Waals surface area contributed by atoms with Crippen molar-refractivity contribution in [3.05, 3.63) is 23.0 Å². The monoisotopic (exact) mass is 258 g/mol. The second kappa shape index (κ2) is 4.77. The summed E-state index contributed by atoms with van der Waals surface area (Å²) in [4.78, 5) is 27.0. The highest BCUT2D eigenvalue weighted by atomic mass is 35.5. The third kappa shape index (κ3) is 2.42. The molecule has 17 heavy (non-hydrogen) atoms. The summed E-state index contributed by atoms with van der Waals surface area (Å²) in [6, 6.07) is 0.525. The number of hydrogen-bond donors (Lipinski definition) is 2. The van der Waals surface area contributed by atoms with Gasteiger partial charge in [-0.05, 0) is 6.07 Å². The lowest BCUT2D eigenvalue weighted by Crippen LogP contribution is -2.52. The number of ether oxygens (including phenoxy) is 1. The summed E-state index contributed by atoms with van der Waals surface area (Å²) in [5.74, 6) is -1.46. The summed E-state index contributed by atoms with van der Waals surface area (Å²) in [6.45, 7) is 0.603. The van der Waals surface area contributed by atoms with Crippen LogP contribution < -0.4 is 0 Å². The number of carboxylic acid groups (broad SMARTS) is 1. The highest BCUT2D eigenvalue weighted by molar-refractivity contribution is 6.31. The van der Waals surface area contributed by atoms with E-state index in [0.717, 1.165) is 0 Å². The van der Waals surface area contributed by atoms with E-state index in [1.807, 2.05) is 0 Å². The van der Waals surface area contributed by atoms with E-state index in [4.69, 9.17) is 21.4 Å². The van der Waals surface area contributed by atoms with Gasteiger partial charge in [-0.15, -0.1) is 0 Å². The van der Waals surface area contributed by atoms with E-state index in [9.17, 15) is 9.59 Å². The van der Waals surface area contributed by atoms with Crippen LogP contribution in [0.3, 0.4) is 0 Å². The molecule has 1 aromatic rings. The maximum Gasteiger partial charge on any atom is 0.328 e. The average Bonchev–Trinajstić information content (AvgIpc) is 2.75. The van der Waals surface area contributed by atoms with E-state index in [1.54, 1.807) is 0 Å². The maximum absolute atomic E-state index is 12.0. The first-order valence-corrected chi connectivity index (χ1v) is 5.43. The van der Waals surface area contributed by atoms with Gasteiger partial charge in [-0.2, -0.15) is 0 Å². The number of carboxylic acids is 1. The van der Waals surface area contributed by atoms with Gasteiger partial charge in [0.25, 0.3) is 5.91 Å². The van der Waals surface area contributed by atoms with Crippen LogP contribution in [-0.4, -0.2) is 52.7 Å². The van der Waals surface area contributed by atoms with Crippen molar-refractivity contribution in [3.8, 4) is 0 Å². The molecule has 1 saturated heterocycles. The van der Waals surface area contributed by atoms with Gasteiger partial charge in [-0.1, -0.05) is 11.6 Å². The van der Waals surface area contributed by atoms with E-state index in [0.29, 0.717) is 11.6 Å². The van der Waals surface area contributed by atoms with Crippen molar-refractivity contribution in [2.45, 2.75) is 6.04 Å². The number of aliphatic carboxylic acids is 1. The van der Waals surface area contributed by atoms with Crippen LogP contribution in [0.5, 0.6) is 0 Å². The fraction of sp³-hybridized carbons (Fsp3) is 0.400. The summed E-state index contributed by atoms with van der Waals surface area (Å²) in [6.07, 6.45) is 1.48. The van der Waals surface area contributed by atoms with Crippen LogP contribution in [0.15, 0.2) is 12.3 Å². The lowest BCUT2D eigenvalue weighted by atomic mass is 10.2. The average molecular weight is 259 g/mol. The molecule has 0 aliphatic carbocycles. The molecule has 1 fully saturated rings. The topological polar surface area (TPSA) is 82.6 Å². The third-order valence-corrected chi connectivity index (χ3v) is 2.77. The predicted octanol–water partition coefficient (Wildman–Crippen LogP) is 0.594. The Bertz CT molecular complexity index is 445. The van der Waals surface area contributed by atoms with Crippen LogP contribution in [0.4, 0.5) is 0 Å². The standard InChI is InChI=1S/C10H11ClN2O4/c11-6-3-7(12-4-6)9(14)13-1-2-17-5-8(13)10(15)16/h3-4,8,12H,1-2,5H2,(H,15,16)/t8-/m0/s1. The summed E-state index contributed by atoms with van der Waals surface area (Å²) in [5.41, 5.74) is 0.281. The summed E-state index contributed by atoms with van der Waals surface area (Å²) < 4.78 is 5.05. The van der Waals surface area contributed by atoms with E-state index in [-0.39, 0.29) is 24.8 Å². The Morgan fingerprint density at radius 2 is 2.35 bits per heavy atom. The van der Waals surface area contributed by atoms with E-state index in [1.165, 1.54) is 17.2 Å². The van der Waals surface area contributed by atoms with Gasteiger partial charge in [0.05, 0.1) is 18.2 Å². The van der Waals surface area contributed by atoms with Gasteiger partial charge in [-0.25, -0.2) is 4.79 Å². The molecule has 1 aliphatic heterocycles. The zero-order valence-electron chi connectivity index (χ0n) is 8.85. The molecule has 2 rings (SSSR count). The Balaban J connectivity index is 2.19. The summed E-state index contributed by atoms with van der Waals surface area (Å²) in [7, 11) is 0. The zero-order valence-corrected chi connectivity index (χ0v) is 9.61. The number of hydrogen-bond acceptors (Lipinski definition) is 3. The number of carbonyl (C=O) groups excluding carboxylic acids is 1. The van der Waals surface area contributed by atoms with Gasteiger partial charge in [0, 0.05) is 12.7 Å². The number of morpholine rings is 1. The number of halogens is 1. The SMILES string of the molecule is O=C(O)[C@@H]1COCCN1C(=O)c1cc(Cl)c[nH]1. The molecule has 0 bridgehead atoms. The minimum Gasteiger partial charge on any atom is -0.480 e. The Morgan fingerprint density at radius 3 is 2.94 bits per heavy atom. The Hall–Kier alpha value is -1.53. The normalized spacial score (nSPS) is 20.3. The Labute approximate surface area is 102 Å². The van der Waals surface area contributed by atoms with Crippen molar-refractivity contribution in [3.63, 3.8) is 0 Å². The van der Waals surface area contributed by atoms with Crippen molar-refractivity contribution in [2.75, 3.05) is 19.8 Å². The van der Waals surface area contributed by atoms with Gasteiger partial charge < -0.3 is 19.7 Å². The first kappa shape index (κ1) is 11.9. The van der Waals surface area contributed by atoms with E-state index >= 15 is 0 Å². The largest absolute Gasteiger partial charge is 0.480 e. The first-order chi connectivity index (χ1) is 8.09. The second-order valence-electron chi connectivity index (χ2n) is 3.66. The van der Waals surface area contributed by atoms with Crippen molar-refractivity contribution in [1.82, 2.24) is 9.88 Å². The number of nitrogens with one attached hydrogen (secondary N) is 1. The second-order valence-corrected chi connectivity index (χ2v) is 4.10. The van der Waals surface area contributed by atoms with Crippen LogP contribution in [0.1, 0.15) is 10.5 Å². The Kier molecular flexibility index (Phi) is 3.35. The minimum atomic E-state index is -1.07. The molecule has 0 radical (unpaired) electrons. The van der Waals surface area contributed by atoms with Crippen LogP contribution in [0.25, 0.3) is 0 Å². The van der Waals surface area contributed by atoms with Gasteiger partial charge in [0.2, 0.25) is 0 Å². The number of aromatic amines is 1. The number of nitrogens with zero attached hydrogens (tertiary/aromatic N) is 1. The van der Waals surface area contributed by atoms with E-state index < -0.39 is 12.0 Å². The molecule has 7 heteroatoms. The number of rotatable bonds is 2. The lowest BCUT2D eigenvalue weighted by Gasteiger charge is -2.32. The van der Waals surface area contributed by atoms with Gasteiger partial charge in [0.1, 0.15) is 5.69 Å². The van der Waals surface area contributed by atoms with Crippen LogP contribution in [-0.2, 0) is 9.53 Å². The molecule has 92 valence electrons. The molecular formula is C10H11ClN2O4. The number of aromatic nitrogens is 1. The highest BCUT2D eigenvalue weighted by Crippen LogP contribution is 2.15. The van der Waals surface area contributed by atoms with Gasteiger partial charge >= 0.3 is 5.97 Å². The van der Waals surface area contributed by atoms with Crippen LogP contribution in [0, 0.1) is 0 Å². The molecule has 0 spiro atoms. The fourth-order valence-electron chi connectivity index (χ4n) is 1.70. The van der Waals surface area contributed by atoms with Crippen molar-refractivity contribution < 1.29 is 19.4 Å². The molecule has 2 N–H and O–H groups in total. The van der Waals surface area contributed by atoms with Crippen molar-refractivity contribution in [2.24, 2.45) is 0 Å². The van der Waals surface area contributed by atoms with Crippen LogP contribution >= 0.6 is 11.6 Å². The fourth-order valence-corrected chi connectivity index (χ4v) is 1.86. The van der Waals surface area contributed by atoms with Gasteiger partial charge in [-0.3, -0.25) is 4.79 Å². The molecule has 1 aliphatic rings. The first-order valence-electron chi connectivity index (χ1n) is 5.05. The molecule has 6 nitrogen and oxygen atoms in total. The van der Waals surface area contributed by atoms with Crippen molar-refractivity contribution >= 4 is 23.5 Å². The minimum absolute atomic E-state index is 0.00944. The number of carbonyl (C=O) groups is 2. The highest BCUT2D eigenvalue weighted by Gasteiger charge is 2.33. The number of H-pyrrole nitrogens is 1. The molecule has 0 aromatic carbocycles. The third-order valence-electron chi connectivity index (χ3n) is 2.55. The van der Waals surface area contributed by atoms with Crippen LogP contribution in [0.2, 0.25) is 5.02 Å². The lowest BCUT2D eigenvalue weighted by molar-refractivity contribution is -0.147. The molecular weight excluding hydrogens is 248 g/mol. The smallest absolute Gasteiger partial charge is 0.328 e. The van der Waals surface area contributed by atoms with E-state index in [2.05, 4.69) is 4.98 Å². The number of amides is 1. The molecule has 1 aromatic heterocycles. The molecule has 1 atom stereocenters. The molecule has 0 saturated carbocycles.